The molecule has 2 unspecified atom stereocenters. The van der Waals surface area contributed by atoms with Gasteiger partial charge in [0, 0.05) is 11.6 Å². The number of hydrogen-bond donors (Lipinski definition) is 0. The second kappa shape index (κ2) is 4.38. The van der Waals surface area contributed by atoms with Gasteiger partial charge in [0.15, 0.2) is 0 Å². The SMILES string of the molecule is c1ccc(C/N=C2\COC3CCCC23)cc1. The van der Waals surface area contributed by atoms with Crippen LogP contribution in [0.1, 0.15) is 24.8 Å². The van der Waals surface area contributed by atoms with E-state index in [1.165, 1.54) is 30.5 Å². The third kappa shape index (κ3) is 1.90. The molecule has 2 fully saturated rings. The number of ether oxygens (including phenoxy) is 1. The van der Waals surface area contributed by atoms with Crippen molar-refractivity contribution in [3.8, 4) is 0 Å². The molecule has 1 saturated heterocycles. The lowest BCUT2D eigenvalue weighted by molar-refractivity contribution is 0.104. The fraction of sp³-hybridized carbons (Fsp3) is 0.500. The molecule has 16 heavy (non-hydrogen) atoms. The van der Waals surface area contributed by atoms with Crippen molar-refractivity contribution in [2.45, 2.75) is 31.9 Å². The normalized spacial score (nSPS) is 30.9. The average Bonchev–Trinajstić information content (AvgIpc) is 2.90. The van der Waals surface area contributed by atoms with Gasteiger partial charge in [-0.25, -0.2) is 0 Å². The molecule has 2 aliphatic rings. The van der Waals surface area contributed by atoms with Gasteiger partial charge in [0.25, 0.3) is 0 Å². The zero-order valence-corrected chi connectivity index (χ0v) is 9.43. The third-order valence-electron chi connectivity index (χ3n) is 3.63. The molecule has 0 N–H and O–H groups in total. The van der Waals surface area contributed by atoms with Crippen LogP contribution < -0.4 is 0 Å². The summed E-state index contributed by atoms with van der Waals surface area (Å²) in [6.45, 7) is 1.57. The van der Waals surface area contributed by atoms with Crippen LogP contribution in [0.2, 0.25) is 0 Å². The van der Waals surface area contributed by atoms with Gasteiger partial charge in [0.05, 0.1) is 19.3 Å². The van der Waals surface area contributed by atoms with Gasteiger partial charge in [0.2, 0.25) is 0 Å². The van der Waals surface area contributed by atoms with Crippen molar-refractivity contribution in [3.05, 3.63) is 35.9 Å². The first-order valence-corrected chi connectivity index (χ1v) is 6.12. The van der Waals surface area contributed by atoms with E-state index >= 15 is 0 Å². The van der Waals surface area contributed by atoms with E-state index in [9.17, 15) is 0 Å². The molecule has 3 rings (SSSR count). The van der Waals surface area contributed by atoms with Crippen LogP contribution in [0.3, 0.4) is 0 Å². The van der Waals surface area contributed by atoms with Crippen molar-refractivity contribution in [2.24, 2.45) is 10.9 Å². The van der Waals surface area contributed by atoms with Gasteiger partial charge in [-0.1, -0.05) is 36.8 Å². The topological polar surface area (TPSA) is 21.6 Å². The van der Waals surface area contributed by atoms with E-state index in [4.69, 9.17) is 9.73 Å². The first-order chi connectivity index (χ1) is 7.93. The molecule has 2 atom stereocenters. The molecule has 0 amide bonds. The summed E-state index contributed by atoms with van der Waals surface area (Å²) in [5, 5.41) is 0. The summed E-state index contributed by atoms with van der Waals surface area (Å²) in [7, 11) is 0. The van der Waals surface area contributed by atoms with E-state index in [-0.39, 0.29) is 0 Å². The Hall–Kier alpha value is -1.15. The van der Waals surface area contributed by atoms with Gasteiger partial charge in [-0.2, -0.15) is 0 Å². The van der Waals surface area contributed by atoms with E-state index in [0.717, 1.165) is 13.2 Å². The fourth-order valence-corrected chi connectivity index (χ4v) is 2.75. The van der Waals surface area contributed by atoms with Crippen LogP contribution in [0.5, 0.6) is 0 Å². The van der Waals surface area contributed by atoms with E-state index in [0.29, 0.717) is 12.0 Å². The van der Waals surface area contributed by atoms with Crippen LogP contribution in [0.4, 0.5) is 0 Å². The van der Waals surface area contributed by atoms with Crippen LogP contribution in [0.25, 0.3) is 0 Å². The molecular weight excluding hydrogens is 198 g/mol. The zero-order chi connectivity index (χ0) is 10.8. The minimum Gasteiger partial charge on any atom is -0.372 e. The van der Waals surface area contributed by atoms with Crippen LogP contribution in [-0.2, 0) is 11.3 Å². The lowest BCUT2D eigenvalue weighted by Crippen LogP contribution is -2.13. The quantitative estimate of drug-likeness (QED) is 0.743. The molecule has 84 valence electrons. The Balaban J connectivity index is 1.69. The Bertz CT molecular complexity index is 385. The smallest absolute Gasteiger partial charge is 0.0852 e. The molecule has 0 radical (unpaired) electrons. The van der Waals surface area contributed by atoms with E-state index in [2.05, 4.69) is 24.3 Å². The lowest BCUT2D eigenvalue weighted by atomic mass is 10.0. The number of fused-ring (bicyclic) bond motifs is 1. The maximum absolute atomic E-state index is 5.75. The first kappa shape index (κ1) is 10.0. The van der Waals surface area contributed by atoms with Gasteiger partial charge < -0.3 is 4.74 Å². The molecule has 1 aliphatic heterocycles. The van der Waals surface area contributed by atoms with Crippen molar-refractivity contribution in [1.29, 1.82) is 0 Å². The molecule has 0 bridgehead atoms. The second-order valence-corrected chi connectivity index (χ2v) is 4.68. The molecule has 1 aliphatic carbocycles. The Morgan fingerprint density at radius 3 is 2.94 bits per heavy atom. The first-order valence-electron chi connectivity index (χ1n) is 6.12. The van der Waals surface area contributed by atoms with E-state index < -0.39 is 0 Å². The van der Waals surface area contributed by atoms with Crippen LogP contribution in [0.15, 0.2) is 35.3 Å². The maximum atomic E-state index is 5.75. The highest BCUT2D eigenvalue weighted by Gasteiger charge is 2.37. The number of benzene rings is 1. The Morgan fingerprint density at radius 2 is 2.06 bits per heavy atom. The van der Waals surface area contributed by atoms with Crippen molar-refractivity contribution < 1.29 is 4.74 Å². The van der Waals surface area contributed by atoms with E-state index in [1.807, 2.05) is 6.07 Å². The van der Waals surface area contributed by atoms with E-state index in [1.54, 1.807) is 0 Å². The summed E-state index contributed by atoms with van der Waals surface area (Å²) in [6, 6.07) is 10.4. The second-order valence-electron chi connectivity index (χ2n) is 4.68. The molecule has 2 heteroatoms. The van der Waals surface area contributed by atoms with Crippen molar-refractivity contribution >= 4 is 5.71 Å². The predicted octanol–water partition coefficient (Wildman–Crippen LogP) is 2.83. The minimum atomic E-state index is 0.481. The van der Waals surface area contributed by atoms with Gasteiger partial charge >= 0.3 is 0 Å². The van der Waals surface area contributed by atoms with Crippen LogP contribution in [-0.4, -0.2) is 18.4 Å². The number of nitrogens with zero attached hydrogens (tertiary/aromatic N) is 1. The predicted molar refractivity (Wildman–Crippen MR) is 64.7 cm³/mol. The Kier molecular flexibility index (Phi) is 2.75. The molecule has 2 nitrogen and oxygen atoms in total. The van der Waals surface area contributed by atoms with Crippen LogP contribution >= 0.6 is 0 Å². The number of rotatable bonds is 2. The highest BCUT2D eigenvalue weighted by atomic mass is 16.5. The van der Waals surface area contributed by atoms with Crippen molar-refractivity contribution in [1.82, 2.24) is 0 Å². The summed E-state index contributed by atoms with van der Waals surface area (Å²) in [6.07, 6.45) is 4.29. The molecule has 1 aromatic carbocycles. The highest BCUT2D eigenvalue weighted by Crippen LogP contribution is 2.34. The summed E-state index contributed by atoms with van der Waals surface area (Å²) in [5.74, 6) is 0.628. The zero-order valence-electron chi connectivity index (χ0n) is 9.43. The Labute approximate surface area is 96.3 Å². The van der Waals surface area contributed by atoms with Gasteiger partial charge in [-0.3, -0.25) is 4.99 Å². The average molecular weight is 215 g/mol. The molecular formula is C14H17NO. The third-order valence-corrected chi connectivity index (χ3v) is 3.63. The Morgan fingerprint density at radius 1 is 1.19 bits per heavy atom. The molecule has 1 heterocycles. The fourth-order valence-electron chi connectivity index (χ4n) is 2.75. The van der Waals surface area contributed by atoms with Crippen molar-refractivity contribution in [3.63, 3.8) is 0 Å². The maximum Gasteiger partial charge on any atom is 0.0852 e. The van der Waals surface area contributed by atoms with Gasteiger partial charge in [0.1, 0.15) is 0 Å². The monoisotopic (exact) mass is 215 g/mol. The van der Waals surface area contributed by atoms with Crippen LogP contribution in [0, 0.1) is 5.92 Å². The van der Waals surface area contributed by atoms with Crippen molar-refractivity contribution in [2.75, 3.05) is 6.61 Å². The number of aliphatic imine (C=N–C) groups is 1. The standard InChI is InChI=1S/C14H17NO/c1-2-5-11(6-3-1)9-15-13-10-16-14-8-4-7-12(13)14/h1-3,5-6,12,14H,4,7-10H2/b15-13+. The summed E-state index contributed by atoms with van der Waals surface area (Å²) >= 11 is 0. The molecule has 0 spiro atoms. The molecule has 1 saturated carbocycles. The summed E-state index contributed by atoms with van der Waals surface area (Å²) in [4.78, 5) is 4.73. The largest absolute Gasteiger partial charge is 0.372 e. The number of hydrogen-bond acceptors (Lipinski definition) is 2. The van der Waals surface area contributed by atoms with Gasteiger partial charge in [-0.15, -0.1) is 0 Å². The summed E-state index contributed by atoms with van der Waals surface area (Å²) < 4.78 is 5.75. The molecule has 0 aromatic heterocycles. The van der Waals surface area contributed by atoms with Gasteiger partial charge in [-0.05, 0) is 18.4 Å². The summed E-state index contributed by atoms with van der Waals surface area (Å²) in [5.41, 5.74) is 2.59. The highest BCUT2D eigenvalue weighted by molar-refractivity contribution is 5.90. The lowest BCUT2D eigenvalue weighted by Gasteiger charge is -2.06. The minimum absolute atomic E-state index is 0.481. The molecule has 1 aromatic rings.